The Balaban J connectivity index is 2.07. The third-order valence-corrected chi connectivity index (χ3v) is 4.07. The molecule has 0 bridgehead atoms. The summed E-state index contributed by atoms with van der Waals surface area (Å²) in [4.78, 5) is 14.2. The predicted octanol–water partition coefficient (Wildman–Crippen LogP) is 1.76. The lowest BCUT2D eigenvalue weighted by Gasteiger charge is -2.22. The molecule has 0 spiro atoms. The van der Waals surface area contributed by atoms with Crippen LogP contribution in [0.25, 0.3) is 0 Å². The Bertz CT molecular complexity index is 502. The zero-order chi connectivity index (χ0) is 15.4. The van der Waals surface area contributed by atoms with Gasteiger partial charge in [0.25, 0.3) is 5.91 Å². The largest absolute Gasteiger partial charge is 0.397 e. The molecule has 1 aromatic carbocycles. The topological polar surface area (TPSA) is 78.6 Å². The number of nitrogen functional groups attached to an aromatic ring is 1. The van der Waals surface area contributed by atoms with Gasteiger partial charge in [0.05, 0.1) is 23.5 Å². The van der Waals surface area contributed by atoms with Gasteiger partial charge in [0.2, 0.25) is 0 Å². The Kier molecular flexibility index (Phi) is 5.07. The second kappa shape index (κ2) is 6.80. The first kappa shape index (κ1) is 15.6. The van der Waals surface area contributed by atoms with Gasteiger partial charge in [0.1, 0.15) is 0 Å². The fraction of sp³-hybridized carbons (Fsp3) is 0.562. The molecule has 1 saturated carbocycles. The molecule has 5 nitrogen and oxygen atoms in total. The zero-order valence-corrected chi connectivity index (χ0v) is 12.8. The van der Waals surface area contributed by atoms with Gasteiger partial charge in [-0.3, -0.25) is 4.79 Å². The highest BCUT2D eigenvalue weighted by Gasteiger charge is 2.23. The minimum Gasteiger partial charge on any atom is -0.397 e. The molecule has 1 fully saturated rings. The number of hydrogen-bond donors (Lipinski definition) is 3. The fourth-order valence-electron chi connectivity index (χ4n) is 2.81. The van der Waals surface area contributed by atoms with Crippen LogP contribution in [0.2, 0.25) is 0 Å². The van der Waals surface area contributed by atoms with E-state index in [9.17, 15) is 9.90 Å². The first-order chi connectivity index (χ1) is 9.99. The average molecular weight is 291 g/mol. The minimum absolute atomic E-state index is 0.158. The number of aliphatic hydroxyl groups is 1. The number of carbonyl (C=O) groups excluding carboxylic acids is 1. The molecule has 0 heterocycles. The van der Waals surface area contributed by atoms with Crippen molar-refractivity contribution in [2.24, 2.45) is 0 Å². The van der Waals surface area contributed by atoms with Crippen molar-refractivity contribution >= 4 is 17.3 Å². The molecule has 0 saturated heterocycles. The van der Waals surface area contributed by atoms with E-state index in [0.717, 1.165) is 37.8 Å². The van der Waals surface area contributed by atoms with E-state index in [1.165, 1.54) is 0 Å². The van der Waals surface area contributed by atoms with Gasteiger partial charge < -0.3 is 21.1 Å². The lowest BCUT2D eigenvalue weighted by atomic mass is 10.0. The number of rotatable bonds is 3. The van der Waals surface area contributed by atoms with Gasteiger partial charge in [-0.15, -0.1) is 0 Å². The Labute approximate surface area is 126 Å². The lowest BCUT2D eigenvalue weighted by molar-refractivity contribution is 0.0819. The van der Waals surface area contributed by atoms with Gasteiger partial charge in [-0.05, 0) is 31.0 Å². The van der Waals surface area contributed by atoms with Crippen molar-refractivity contribution in [3.05, 3.63) is 23.8 Å². The molecule has 0 aromatic heterocycles. The number of carbonyl (C=O) groups is 1. The van der Waals surface area contributed by atoms with Crippen LogP contribution in [0.1, 0.15) is 42.5 Å². The van der Waals surface area contributed by atoms with Crippen LogP contribution >= 0.6 is 0 Å². The number of amides is 1. The third-order valence-electron chi connectivity index (χ3n) is 4.07. The molecule has 4 N–H and O–H groups in total. The molecule has 1 aliphatic carbocycles. The summed E-state index contributed by atoms with van der Waals surface area (Å²) in [6, 6.07) is 5.14. The molecule has 0 radical (unpaired) electrons. The summed E-state index contributed by atoms with van der Waals surface area (Å²) < 4.78 is 0. The van der Waals surface area contributed by atoms with E-state index in [1.807, 2.05) is 25.1 Å². The summed E-state index contributed by atoms with van der Waals surface area (Å²) in [5.74, 6) is -0.169. The smallest absolute Gasteiger partial charge is 0.251 e. The third kappa shape index (κ3) is 3.88. The number of benzene rings is 1. The summed E-state index contributed by atoms with van der Waals surface area (Å²) in [5, 5.41) is 13.0. The van der Waals surface area contributed by atoms with Crippen molar-refractivity contribution in [1.82, 2.24) is 5.32 Å². The quantitative estimate of drug-likeness (QED) is 0.586. The number of nitrogens with one attached hydrogen (secondary N) is 1. The standard InChI is InChI=1S/C16H25N3O2/c1-19(2)14-9-8-11(10-12(14)17)16(21)18-13-6-4-3-5-7-15(13)20/h8-10,13,15,20H,3-7,17H2,1-2H3,(H,18,21). The van der Waals surface area contributed by atoms with Crippen LogP contribution in [0.5, 0.6) is 0 Å². The second-order valence-corrected chi connectivity index (χ2v) is 5.95. The lowest BCUT2D eigenvalue weighted by Crippen LogP contribution is -2.42. The Morgan fingerprint density at radius 2 is 2.00 bits per heavy atom. The summed E-state index contributed by atoms with van der Waals surface area (Å²) in [6.07, 6.45) is 4.33. The van der Waals surface area contributed by atoms with Gasteiger partial charge in [0, 0.05) is 19.7 Å². The molecule has 5 heteroatoms. The van der Waals surface area contributed by atoms with Gasteiger partial charge in [-0.1, -0.05) is 19.3 Å². The van der Waals surface area contributed by atoms with Crippen molar-refractivity contribution in [3.8, 4) is 0 Å². The molecule has 1 aliphatic rings. The van der Waals surface area contributed by atoms with Crippen LogP contribution in [-0.2, 0) is 0 Å². The zero-order valence-electron chi connectivity index (χ0n) is 12.8. The molecule has 2 rings (SSSR count). The summed E-state index contributed by atoms with van der Waals surface area (Å²) in [5.41, 5.74) is 7.98. The van der Waals surface area contributed by atoms with Crippen molar-refractivity contribution in [2.45, 2.75) is 44.2 Å². The highest BCUT2D eigenvalue weighted by molar-refractivity contribution is 5.96. The maximum atomic E-state index is 12.3. The molecular weight excluding hydrogens is 266 g/mol. The minimum atomic E-state index is -0.449. The van der Waals surface area contributed by atoms with E-state index in [4.69, 9.17) is 5.73 Å². The highest BCUT2D eigenvalue weighted by Crippen LogP contribution is 2.23. The van der Waals surface area contributed by atoms with Crippen molar-refractivity contribution < 1.29 is 9.90 Å². The number of anilines is 2. The predicted molar refractivity (Wildman–Crippen MR) is 85.5 cm³/mol. The van der Waals surface area contributed by atoms with Crippen molar-refractivity contribution in [2.75, 3.05) is 24.7 Å². The number of nitrogens with two attached hydrogens (primary N) is 1. The molecular formula is C16H25N3O2. The molecule has 1 amide bonds. The molecule has 1 aromatic rings. The van der Waals surface area contributed by atoms with Gasteiger partial charge in [0.15, 0.2) is 0 Å². The number of aliphatic hydroxyl groups excluding tert-OH is 1. The van der Waals surface area contributed by atoms with Crippen molar-refractivity contribution in [3.63, 3.8) is 0 Å². The molecule has 116 valence electrons. The summed E-state index contributed by atoms with van der Waals surface area (Å²) in [7, 11) is 3.82. The molecule has 2 atom stereocenters. The van der Waals surface area contributed by atoms with Crippen molar-refractivity contribution in [1.29, 1.82) is 0 Å². The Hall–Kier alpha value is -1.75. The maximum Gasteiger partial charge on any atom is 0.251 e. The summed E-state index contributed by atoms with van der Waals surface area (Å²) in [6.45, 7) is 0. The summed E-state index contributed by atoms with van der Waals surface area (Å²) >= 11 is 0. The highest BCUT2D eigenvalue weighted by atomic mass is 16.3. The van der Waals surface area contributed by atoms with Gasteiger partial charge in [-0.25, -0.2) is 0 Å². The van der Waals surface area contributed by atoms with E-state index in [1.54, 1.807) is 12.1 Å². The second-order valence-electron chi connectivity index (χ2n) is 5.95. The number of nitrogens with zero attached hydrogens (tertiary/aromatic N) is 1. The van der Waals surface area contributed by atoms with E-state index in [0.29, 0.717) is 11.3 Å². The monoisotopic (exact) mass is 291 g/mol. The van der Waals surface area contributed by atoms with E-state index >= 15 is 0 Å². The Morgan fingerprint density at radius 1 is 1.29 bits per heavy atom. The molecule has 0 aliphatic heterocycles. The van der Waals surface area contributed by atoms with Crippen LogP contribution in [0.15, 0.2) is 18.2 Å². The molecule has 21 heavy (non-hydrogen) atoms. The number of hydrogen-bond acceptors (Lipinski definition) is 4. The Morgan fingerprint density at radius 3 is 2.67 bits per heavy atom. The van der Waals surface area contributed by atoms with Crippen LogP contribution in [0.4, 0.5) is 11.4 Å². The first-order valence-corrected chi connectivity index (χ1v) is 7.55. The fourth-order valence-corrected chi connectivity index (χ4v) is 2.81. The normalized spacial score (nSPS) is 22.4. The van der Waals surface area contributed by atoms with E-state index in [-0.39, 0.29) is 11.9 Å². The van der Waals surface area contributed by atoms with Crippen LogP contribution in [0, 0.1) is 0 Å². The molecule has 2 unspecified atom stereocenters. The maximum absolute atomic E-state index is 12.3. The van der Waals surface area contributed by atoms with Crippen LogP contribution in [0.3, 0.4) is 0 Å². The van der Waals surface area contributed by atoms with E-state index in [2.05, 4.69) is 5.32 Å². The van der Waals surface area contributed by atoms with Crippen LogP contribution in [-0.4, -0.2) is 37.3 Å². The first-order valence-electron chi connectivity index (χ1n) is 7.55. The SMILES string of the molecule is CN(C)c1ccc(C(=O)NC2CCCCCC2O)cc1N. The van der Waals surface area contributed by atoms with Crippen LogP contribution < -0.4 is 16.0 Å². The van der Waals surface area contributed by atoms with E-state index < -0.39 is 6.10 Å². The van der Waals surface area contributed by atoms with Gasteiger partial charge >= 0.3 is 0 Å². The average Bonchev–Trinajstić information content (AvgIpc) is 2.63. The van der Waals surface area contributed by atoms with Gasteiger partial charge in [-0.2, -0.15) is 0 Å².